The highest BCUT2D eigenvalue weighted by Crippen LogP contribution is 2.24. The van der Waals surface area contributed by atoms with Crippen LogP contribution >= 0.6 is 0 Å². The predicted octanol–water partition coefficient (Wildman–Crippen LogP) is 3.03. The van der Waals surface area contributed by atoms with E-state index in [4.69, 9.17) is 4.74 Å². The van der Waals surface area contributed by atoms with Crippen molar-refractivity contribution in [2.24, 2.45) is 0 Å². The molecule has 0 aromatic carbocycles. The Hall–Kier alpha value is -0.410. The minimum atomic E-state index is -0.268. The molecular weight excluding hydrogens is 226 g/mol. The Morgan fingerprint density at radius 2 is 1.83 bits per heavy atom. The van der Waals surface area contributed by atoms with E-state index in [2.05, 4.69) is 25.7 Å². The summed E-state index contributed by atoms with van der Waals surface area (Å²) in [7, 11) is 0. The first kappa shape index (κ1) is 15.6. The second kappa shape index (κ2) is 7.90. The fourth-order valence-corrected chi connectivity index (χ4v) is 2.64. The Labute approximate surface area is 112 Å². The number of carbonyl (C=O) groups is 1. The van der Waals surface area contributed by atoms with Crippen molar-refractivity contribution < 1.29 is 9.53 Å². The number of ketones is 1. The summed E-state index contributed by atoms with van der Waals surface area (Å²) >= 11 is 0. The number of nitrogens with zero attached hydrogens (tertiary/aromatic N) is 1. The first-order valence-electron chi connectivity index (χ1n) is 7.51. The molecule has 1 unspecified atom stereocenters. The lowest BCUT2D eigenvalue weighted by molar-refractivity contribution is -0.134. The van der Waals surface area contributed by atoms with Crippen molar-refractivity contribution in [3.05, 3.63) is 0 Å². The monoisotopic (exact) mass is 255 g/mol. The van der Waals surface area contributed by atoms with Crippen LogP contribution in [0, 0.1) is 0 Å². The van der Waals surface area contributed by atoms with E-state index in [9.17, 15) is 4.79 Å². The van der Waals surface area contributed by atoms with Crippen molar-refractivity contribution in [1.82, 2.24) is 4.90 Å². The van der Waals surface area contributed by atoms with Crippen molar-refractivity contribution in [1.29, 1.82) is 0 Å². The maximum Gasteiger partial charge on any atom is 0.152 e. The zero-order chi connectivity index (χ0) is 13.4. The molecule has 0 aliphatic carbocycles. The molecule has 106 valence electrons. The van der Waals surface area contributed by atoms with E-state index in [0.29, 0.717) is 5.78 Å². The minimum absolute atomic E-state index is 0.268. The molecule has 1 heterocycles. The van der Waals surface area contributed by atoms with Gasteiger partial charge in [0, 0.05) is 19.5 Å². The van der Waals surface area contributed by atoms with Gasteiger partial charge in [0.15, 0.2) is 5.78 Å². The molecule has 0 aromatic rings. The van der Waals surface area contributed by atoms with E-state index in [1.54, 1.807) is 0 Å². The molecule has 1 rings (SSSR count). The summed E-state index contributed by atoms with van der Waals surface area (Å²) < 4.78 is 5.38. The number of carbonyl (C=O) groups excluding carboxylic acids is 1. The van der Waals surface area contributed by atoms with Gasteiger partial charge in [-0.05, 0) is 19.8 Å². The first-order chi connectivity index (χ1) is 8.65. The molecule has 1 saturated heterocycles. The number of hydrogen-bond donors (Lipinski definition) is 0. The molecule has 1 atom stereocenters. The smallest absolute Gasteiger partial charge is 0.152 e. The standard InChI is InChI=1S/C15H29NO2/c1-4-6-7-8-9-14(17)15(3,5-2)16-10-12-18-13-11-16/h4-13H2,1-3H3. The number of morpholine rings is 1. The third-order valence-electron chi connectivity index (χ3n) is 4.26. The summed E-state index contributed by atoms with van der Waals surface area (Å²) in [5.74, 6) is 0.419. The molecular formula is C15H29NO2. The summed E-state index contributed by atoms with van der Waals surface area (Å²) in [6.07, 6.45) is 6.34. The van der Waals surface area contributed by atoms with Crippen LogP contribution in [0.4, 0.5) is 0 Å². The van der Waals surface area contributed by atoms with Gasteiger partial charge in [0.25, 0.3) is 0 Å². The summed E-state index contributed by atoms with van der Waals surface area (Å²) in [6.45, 7) is 9.75. The topological polar surface area (TPSA) is 29.5 Å². The van der Waals surface area contributed by atoms with Crippen LogP contribution in [0.25, 0.3) is 0 Å². The van der Waals surface area contributed by atoms with Crippen LogP contribution in [0.2, 0.25) is 0 Å². The SMILES string of the molecule is CCCCCCC(=O)C(C)(CC)N1CCOCC1. The highest BCUT2D eigenvalue weighted by Gasteiger charge is 2.37. The molecule has 0 N–H and O–H groups in total. The highest BCUT2D eigenvalue weighted by molar-refractivity contribution is 5.87. The number of ether oxygens (including phenoxy) is 1. The van der Waals surface area contributed by atoms with Gasteiger partial charge in [-0.2, -0.15) is 0 Å². The summed E-state index contributed by atoms with van der Waals surface area (Å²) in [5.41, 5.74) is -0.268. The quantitative estimate of drug-likeness (QED) is 0.624. The Kier molecular flexibility index (Phi) is 6.87. The first-order valence-corrected chi connectivity index (χ1v) is 7.51. The molecule has 0 spiro atoms. The molecule has 0 bridgehead atoms. The van der Waals surface area contributed by atoms with Gasteiger partial charge < -0.3 is 4.74 Å². The maximum absolute atomic E-state index is 12.5. The average Bonchev–Trinajstić information content (AvgIpc) is 2.43. The van der Waals surface area contributed by atoms with Crippen LogP contribution in [0.1, 0.15) is 59.3 Å². The van der Waals surface area contributed by atoms with Crippen molar-refractivity contribution in [3.63, 3.8) is 0 Å². The van der Waals surface area contributed by atoms with Crippen LogP contribution in [0.3, 0.4) is 0 Å². The number of Topliss-reactive ketones (excluding diaryl/α,β-unsaturated/α-hetero) is 1. The van der Waals surface area contributed by atoms with Gasteiger partial charge in [-0.3, -0.25) is 9.69 Å². The van der Waals surface area contributed by atoms with Gasteiger partial charge >= 0.3 is 0 Å². The highest BCUT2D eigenvalue weighted by atomic mass is 16.5. The van der Waals surface area contributed by atoms with Gasteiger partial charge in [-0.25, -0.2) is 0 Å². The Morgan fingerprint density at radius 1 is 1.17 bits per heavy atom. The molecule has 0 saturated carbocycles. The van der Waals surface area contributed by atoms with E-state index in [1.165, 1.54) is 19.3 Å². The lowest BCUT2D eigenvalue weighted by Crippen LogP contribution is -2.56. The summed E-state index contributed by atoms with van der Waals surface area (Å²) in [6, 6.07) is 0. The third-order valence-corrected chi connectivity index (χ3v) is 4.26. The van der Waals surface area contributed by atoms with E-state index >= 15 is 0 Å². The average molecular weight is 255 g/mol. The Balaban J connectivity index is 2.48. The zero-order valence-corrected chi connectivity index (χ0v) is 12.3. The fourth-order valence-electron chi connectivity index (χ4n) is 2.64. The third kappa shape index (κ3) is 4.06. The summed E-state index contributed by atoms with van der Waals surface area (Å²) in [5, 5.41) is 0. The summed E-state index contributed by atoms with van der Waals surface area (Å²) in [4.78, 5) is 14.8. The van der Waals surface area contributed by atoms with Crippen LogP contribution in [0.15, 0.2) is 0 Å². The largest absolute Gasteiger partial charge is 0.379 e. The van der Waals surface area contributed by atoms with Gasteiger partial charge in [0.2, 0.25) is 0 Å². The van der Waals surface area contributed by atoms with Crippen molar-refractivity contribution >= 4 is 5.78 Å². The fraction of sp³-hybridized carbons (Fsp3) is 0.933. The van der Waals surface area contributed by atoms with Gasteiger partial charge in [-0.1, -0.05) is 33.1 Å². The molecule has 3 heteroatoms. The predicted molar refractivity (Wildman–Crippen MR) is 74.9 cm³/mol. The van der Waals surface area contributed by atoms with Crippen molar-refractivity contribution in [2.75, 3.05) is 26.3 Å². The number of hydrogen-bond acceptors (Lipinski definition) is 3. The maximum atomic E-state index is 12.5. The van der Waals surface area contributed by atoms with Gasteiger partial charge in [0.1, 0.15) is 0 Å². The molecule has 1 aliphatic heterocycles. The van der Waals surface area contributed by atoms with E-state index < -0.39 is 0 Å². The van der Waals surface area contributed by atoms with Gasteiger partial charge in [0.05, 0.1) is 18.8 Å². The van der Waals surface area contributed by atoms with E-state index in [1.807, 2.05) is 0 Å². The van der Waals surface area contributed by atoms with Crippen LogP contribution in [0.5, 0.6) is 0 Å². The van der Waals surface area contributed by atoms with Crippen LogP contribution in [-0.2, 0) is 9.53 Å². The van der Waals surface area contributed by atoms with Gasteiger partial charge in [-0.15, -0.1) is 0 Å². The molecule has 0 amide bonds. The van der Waals surface area contributed by atoms with E-state index in [0.717, 1.165) is 45.6 Å². The number of unbranched alkanes of at least 4 members (excludes halogenated alkanes) is 3. The molecule has 0 aromatic heterocycles. The molecule has 18 heavy (non-hydrogen) atoms. The van der Waals surface area contributed by atoms with Crippen LogP contribution < -0.4 is 0 Å². The van der Waals surface area contributed by atoms with Crippen molar-refractivity contribution in [2.45, 2.75) is 64.8 Å². The second-order valence-corrected chi connectivity index (χ2v) is 5.46. The Bertz CT molecular complexity index is 249. The zero-order valence-electron chi connectivity index (χ0n) is 12.3. The molecule has 3 nitrogen and oxygen atoms in total. The normalized spacial score (nSPS) is 20.6. The van der Waals surface area contributed by atoms with Crippen LogP contribution in [-0.4, -0.2) is 42.5 Å². The minimum Gasteiger partial charge on any atom is -0.379 e. The Morgan fingerprint density at radius 3 is 2.39 bits per heavy atom. The second-order valence-electron chi connectivity index (χ2n) is 5.46. The molecule has 0 radical (unpaired) electrons. The lowest BCUT2D eigenvalue weighted by Gasteiger charge is -2.41. The number of rotatable bonds is 8. The van der Waals surface area contributed by atoms with E-state index in [-0.39, 0.29) is 5.54 Å². The molecule has 1 fully saturated rings. The van der Waals surface area contributed by atoms with Crippen molar-refractivity contribution in [3.8, 4) is 0 Å². The lowest BCUT2D eigenvalue weighted by atomic mass is 9.87. The molecule has 1 aliphatic rings.